The van der Waals surface area contributed by atoms with Gasteiger partial charge in [0, 0.05) is 11.3 Å². The summed E-state index contributed by atoms with van der Waals surface area (Å²) >= 11 is 1.78. The Kier molecular flexibility index (Phi) is 7.88. The molecule has 1 aliphatic carbocycles. The smallest absolute Gasteiger partial charge is 0.407 e. The van der Waals surface area contributed by atoms with Crippen LogP contribution >= 0.6 is 11.8 Å². The Morgan fingerprint density at radius 1 is 0.829 bits per heavy atom. The van der Waals surface area contributed by atoms with E-state index >= 15 is 0 Å². The number of amides is 1. The monoisotopic (exact) mass is 489 g/mol. The van der Waals surface area contributed by atoms with Crippen LogP contribution in [0.2, 0.25) is 0 Å². The van der Waals surface area contributed by atoms with Crippen molar-refractivity contribution in [3.05, 3.63) is 108 Å². The second-order valence-corrected chi connectivity index (χ2v) is 11.6. The van der Waals surface area contributed by atoms with Crippen LogP contribution < -0.4 is 5.32 Å². The van der Waals surface area contributed by atoms with Crippen LogP contribution in [0, 0.1) is 0 Å². The number of alkyl carbamates (subject to hydrolysis) is 1. The fourth-order valence-corrected chi connectivity index (χ4v) is 6.69. The fourth-order valence-electron chi connectivity index (χ4n) is 4.79. The molecule has 5 heteroatoms. The van der Waals surface area contributed by atoms with Crippen LogP contribution in [0.25, 0.3) is 0 Å². The van der Waals surface area contributed by atoms with Crippen molar-refractivity contribution in [2.75, 3.05) is 0 Å². The van der Waals surface area contributed by atoms with Crippen LogP contribution in [0.15, 0.2) is 91.0 Å². The number of aliphatic hydroxyl groups is 1. The molecular weight excluding hydrogens is 454 g/mol. The molecule has 35 heavy (non-hydrogen) atoms. The number of benzene rings is 3. The predicted molar refractivity (Wildman–Crippen MR) is 144 cm³/mol. The third kappa shape index (κ3) is 6.09. The number of thioether (sulfide) groups is 1. The lowest BCUT2D eigenvalue weighted by Gasteiger charge is -2.42. The lowest BCUT2D eigenvalue weighted by atomic mass is 9.84. The minimum absolute atomic E-state index is 0.0502. The van der Waals surface area contributed by atoms with E-state index in [2.05, 4.69) is 78.1 Å². The van der Waals surface area contributed by atoms with Crippen molar-refractivity contribution < 1.29 is 14.6 Å². The Hall–Kier alpha value is -2.76. The number of hydrogen-bond acceptors (Lipinski definition) is 4. The molecule has 184 valence electrons. The van der Waals surface area contributed by atoms with E-state index < -0.39 is 22.5 Å². The summed E-state index contributed by atoms with van der Waals surface area (Å²) in [5, 5.41) is 14.1. The average molecular weight is 490 g/mol. The molecule has 0 unspecified atom stereocenters. The molecule has 1 fully saturated rings. The molecule has 3 aromatic carbocycles. The van der Waals surface area contributed by atoms with Crippen molar-refractivity contribution in [3.8, 4) is 0 Å². The largest absolute Gasteiger partial charge is 0.444 e. The summed E-state index contributed by atoms with van der Waals surface area (Å²) in [7, 11) is 0. The molecule has 0 bridgehead atoms. The van der Waals surface area contributed by atoms with Crippen LogP contribution in [0.5, 0.6) is 0 Å². The maximum Gasteiger partial charge on any atom is 0.407 e. The highest BCUT2D eigenvalue weighted by molar-refractivity contribution is 8.01. The van der Waals surface area contributed by atoms with Crippen LogP contribution in [-0.4, -0.2) is 34.2 Å². The molecule has 1 amide bonds. The van der Waals surface area contributed by atoms with Gasteiger partial charge in [0.1, 0.15) is 5.60 Å². The highest BCUT2D eigenvalue weighted by Gasteiger charge is 2.43. The minimum Gasteiger partial charge on any atom is -0.444 e. The maximum absolute atomic E-state index is 12.5. The van der Waals surface area contributed by atoms with Gasteiger partial charge < -0.3 is 15.2 Å². The van der Waals surface area contributed by atoms with Crippen molar-refractivity contribution in [1.82, 2.24) is 5.32 Å². The first kappa shape index (κ1) is 25.3. The SMILES string of the molecule is CC(C)(C)OC(=O)N[C@@H]1CC[C@H](O)[C@@H](SC(c2ccccc2)(c2ccccc2)c2ccccc2)C1. The number of aliphatic hydroxyl groups excluding tert-OH is 1. The molecule has 0 saturated heterocycles. The van der Waals surface area contributed by atoms with E-state index in [1.54, 1.807) is 11.8 Å². The number of hydrogen-bond donors (Lipinski definition) is 2. The first-order valence-electron chi connectivity index (χ1n) is 12.3. The standard InChI is InChI=1S/C30H35NO3S/c1-29(2,3)34-28(33)31-25-19-20-26(32)27(21-25)35-30(22-13-7-4-8-14-22,23-15-9-5-10-16-23)24-17-11-6-12-18-24/h4-18,25-27,32H,19-21H2,1-3H3,(H,31,33)/t25-,26+,27+/m1/s1. The molecule has 0 aromatic heterocycles. The summed E-state index contributed by atoms with van der Waals surface area (Å²) < 4.78 is 4.98. The van der Waals surface area contributed by atoms with Crippen LogP contribution in [0.3, 0.4) is 0 Å². The quantitative estimate of drug-likeness (QED) is 0.387. The van der Waals surface area contributed by atoms with Crippen LogP contribution in [-0.2, 0) is 9.48 Å². The number of nitrogens with one attached hydrogen (secondary N) is 1. The van der Waals surface area contributed by atoms with Gasteiger partial charge in [0.05, 0.1) is 10.9 Å². The molecule has 0 heterocycles. The van der Waals surface area contributed by atoms with Gasteiger partial charge in [0.2, 0.25) is 0 Å². The van der Waals surface area contributed by atoms with Gasteiger partial charge in [-0.05, 0) is 56.7 Å². The van der Waals surface area contributed by atoms with E-state index in [4.69, 9.17) is 4.74 Å². The Labute approximate surface area is 213 Å². The zero-order valence-electron chi connectivity index (χ0n) is 20.7. The van der Waals surface area contributed by atoms with E-state index in [0.29, 0.717) is 12.8 Å². The van der Waals surface area contributed by atoms with Gasteiger partial charge in [0.25, 0.3) is 0 Å². The summed E-state index contributed by atoms with van der Waals surface area (Å²) in [5.41, 5.74) is 2.95. The molecule has 1 aliphatic rings. The molecule has 3 aromatic rings. The Morgan fingerprint density at radius 2 is 1.29 bits per heavy atom. The fraction of sp³-hybridized carbons (Fsp3) is 0.367. The first-order chi connectivity index (χ1) is 16.8. The molecule has 1 saturated carbocycles. The Bertz CT molecular complexity index is 986. The van der Waals surface area contributed by atoms with E-state index in [0.717, 1.165) is 23.1 Å². The van der Waals surface area contributed by atoms with Gasteiger partial charge in [-0.25, -0.2) is 4.79 Å². The summed E-state index contributed by atoms with van der Waals surface area (Å²) in [4.78, 5) is 12.5. The minimum atomic E-state index is -0.546. The van der Waals surface area contributed by atoms with Crippen molar-refractivity contribution >= 4 is 17.9 Å². The normalized spacial score (nSPS) is 20.7. The highest BCUT2D eigenvalue weighted by atomic mass is 32.2. The second-order valence-electron chi connectivity index (χ2n) is 10.2. The predicted octanol–water partition coefficient (Wildman–Crippen LogP) is 6.52. The zero-order valence-corrected chi connectivity index (χ0v) is 21.5. The molecule has 3 atom stereocenters. The Morgan fingerprint density at radius 3 is 1.71 bits per heavy atom. The summed E-state index contributed by atoms with van der Waals surface area (Å²) in [5.74, 6) is 0. The Balaban J connectivity index is 1.71. The molecule has 0 aliphatic heterocycles. The number of ether oxygens (including phenoxy) is 1. The number of rotatable bonds is 6. The van der Waals surface area contributed by atoms with Gasteiger partial charge >= 0.3 is 6.09 Å². The maximum atomic E-state index is 12.5. The van der Waals surface area contributed by atoms with Gasteiger partial charge in [0.15, 0.2) is 0 Å². The van der Waals surface area contributed by atoms with Crippen molar-refractivity contribution in [2.45, 2.75) is 67.8 Å². The zero-order chi connectivity index (χ0) is 24.9. The summed E-state index contributed by atoms with van der Waals surface area (Å²) in [6.07, 6.45) is 1.16. The lowest BCUT2D eigenvalue weighted by Crippen LogP contribution is -2.46. The van der Waals surface area contributed by atoms with Crippen molar-refractivity contribution in [2.24, 2.45) is 0 Å². The lowest BCUT2D eigenvalue weighted by molar-refractivity contribution is 0.0465. The van der Waals surface area contributed by atoms with E-state index in [9.17, 15) is 9.90 Å². The highest BCUT2D eigenvalue weighted by Crippen LogP contribution is 2.52. The van der Waals surface area contributed by atoms with Crippen molar-refractivity contribution in [3.63, 3.8) is 0 Å². The van der Waals surface area contributed by atoms with Gasteiger partial charge in [-0.1, -0.05) is 91.0 Å². The van der Waals surface area contributed by atoms with E-state index in [1.807, 2.05) is 39.0 Å². The first-order valence-corrected chi connectivity index (χ1v) is 13.2. The summed E-state index contributed by atoms with van der Waals surface area (Å²) in [6.45, 7) is 5.59. The third-order valence-corrected chi connectivity index (χ3v) is 8.22. The van der Waals surface area contributed by atoms with Crippen molar-refractivity contribution in [1.29, 1.82) is 0 Å². The molecule has 0 spiro atoms. The van der Waals surface area contributed by atoms with E-state index in [1.165, 1.54) is 0 Å². The molecular formula is C30H35NO3S. The molecule has 4 nitrogen and oxygen atoms in total. The van der Waals surface area contributed by atoms with Crippen LogP contribution in [0.1, 0.15) is 56.7 Å². The van der Waals surface area contributed by atoms with Gasteiger partial charge in [-0.2, -0.15) is 0 Å². The topological polar surface area (TPSA) is 58.6 Å². The molecule has 0 radical (unpaired) electrons. The third-order valence-electron chi connectivity index (χ3n) is 6.35. The summed E-state index contributed by atoms with van der Waals surface area (Å²) in [6, 6.07) is 31.5. The average Bonchev–Trinajstić information content (AvgIpc) is 2.85. The number of carbonyl (C=O) groups is 1. The van der Waals surface area contributed by atoms with Gasteiger partial charge in [-0.15, -0.1) is 11.8 Å². The molecule has 4 rings (SSSR count). The second kappa shape index (κ2) is 10.9. The van der Waals surface area contributed by atoms with Crippen LogP contribution in [0.4, 0.5) is 4.79 Å². The molecule has 2 N–H and O–H groups in total. The van der Waals surface area contributed by atoms with E-state index in [-0.39, 0.29) is 11.3 Å². The number of carbonyl (C=O) groups excluding carboxylic acids is 1. The van der Waals surface area contributed by atoms with Gasteiger partial charge in [-0.3, -0.25) is 0 Å².